The third-order valence-corrected chi connectivity index (χ3v) is 8.46. The summed E-state index contributed by atoms with van der Waals surface area (Å²) in [7, 11) is -8.32. The third kappa shape index (κ3) is 4.74. The summed E-state index contributed by atoms with van der Waals surface area (Å²) < 4.78 is 57.6. The number of nitrogens with zero attached hydrogens (tertiary/aromatic N) is 2. The molecule has 0 amide bonds. The van der Waals surface area contributed by atoms with E-state index in [0.717, 1.165) is 0 Å². The summed E-state index contributed by atoms with van der Waals surface area (Å²) in [6.45, 7) is 0. The van der Waals surface area contributed by atoms with Gasteiger partial charge in [0.2, 0.25) is 0 Å². The van der Waals surface area contributed by atoms with E-state index in [9.17, 15) is 16.8 Å². The number of rotatable bonds is 4. The fraction of sp³-hybridized carbons (Fsp3) is 0.111. The van der Waals surface area contributed by atoms with Gasteiger partial charge in [0.1, 0.15) is 10.8 Å². The lowest BCUT2D eigenvalue weighted by Gasteiger charge is -2.25. The number of alkyl halides is 2. The quantitative estimate of drug-likeness (QED) is 0.546. The van der Waals surface area contributed by atoms with Gasteiger partial charge in [-0.2, -0.15) is 25.6 Å². The second-order valence-corrected chi connectivity index (χ2v) is 10.9. The SMILES string of the molecule is O=S(=O)(N=C1C(Cl)=C(Cl)C(=NS(=O)(=O)c2ccccc2)[C@H](Cl)[C@@H]1Cl)c1ccccc1. The molecule has 0 bridgehead atoms. The first-order valence-corrected chi connectivity index (χ1v) is 12.7. The molecule has 2 atom stereocenters. The minimum Gasteiger partial charge on any atom is -0.199 e. The highest BCUT2D eigenvalue weighted by Crippen LogP contribution is 2.35. The van der Waals surface area contributed by atoms with Gasteiger partial charge in [-0.25, -0.2) is 0 Å². The Labute approximate surface area is 194 Å². The van der Waals surface area contributed by atoms with Crippen molar-refractivity contribution in [1.29, 1.82) is 0 Å². The molecule has 12 heteroatoms. The molecule has 0 aliphatic heterocycles. The Morgan fingerprint density at radius 2 is 0.900 bits per heavy atom. The molecule has 0 spiro atoms. The topological polar surface area (TPSA) is 93.0 Å². The van der Waals surface area contributed by atoms with Crippen molar-refractivity contribution in [2.24, 2.45) is 8.80 Å². The summed E-state index contributed by atoms with van der Waals surface area (Å²) in [5, 5.41) is -3.31. The molecular formula is C18H12Cl4N2O4S2. The number of hydrogen-bond acceptors (Lipinski definition) is 4. The zero-order valence-corrected chi connectivity index (χ0v) is 19.4. The Morgan fingerprint density at radius 3 is 1.20 bits per heavy atom. The maximum atomic E-state index is 12.6. The van der Waals surface area contributed by atoms with Crippen molar-refractivity contribution < 1.29 is 16.8 Å². The van der Waals surface area contributed by atoms with Gasteiger partial charge in [0.25, 0.3) is 20.0 Å². The van der Waals surface area contributed by atoms with Crippen LogP contribution in [0.2, 0.25) is 0 Å². The van der Waals surface area contributed by atoms with Crippen molar-refractivity contribution in [3.8, 4) is 0 Å². The molecule has 1 aliphatic rings. The summed E-state index contributed by atoms with van der Waals surface area (Å²) in [6.07, 6.45) is 0. The van der Waals surface area contributed by atoms with Gasteiger partial charge in [-0.1, -0.05) is 59.6 Å². The van der Waals surface area contributed by atoms with Crippen LogP contribution in [-0.4, -0.2) is 39.0 Å². The fourth-order valence-electron chi connectivity index (χ4n) is 2.47. The standard InChI is InChI=1S/C18H12Cl4N2O4S2/c19-13-15(21)18(24-30(27,28)12-9-5-2-6-10-12)16(22)14(20)17(13)23-29(25,26)11-7-3-1-4-8-11/h1-10,13,15H/t13-,15+. The molecule has 0 N–H and O–H groups in total. The zero-order valence-electron chi connectivity index (χ0n) is 14.8. The number of benzene rings is 2. The van der Waals surface area contributed by atoms with Gasteiger partial charge < -0.3 is 0 Å². The van der Waals surface area contributed by atoms with Crippen LogP contribution in [0, 0.1) is 0 Å². The Balaban J connectivity index is 2.11. The van der Waals surface area contributed by atoms with Crippen LogP contribution in [0.25, 0.3) is 0 Å². The minimum atomic E-state index is -4.16. The highest BCUT2D eigenvalue weighted by Gasteiger charge is 2.39. The Hall–Kier alpha value is -1.42. The van der Waals surface area contributed by atoms with Gasteiger partial charge >= 0.3 is 0 Å². The number of halogens is 4. The van der Waals surface area contributed by atoms with E-state index < -0.39 is 30.8 Å². The largest absolute Gasteiger partial charge is 0.282 e. The van der Waals surface area contributed by atoms with E-state index in [-0.39, 0.29) is 31.3 Å². The Morgan fingerprint density at radius 1 is 0.600 bits per heavy atom. The highest BCUT2D eigenvalue weighted by molar-refractivity contribution is 7.90. The molecule has 3 rings (SSSR count). The lowest BCUT2D eigenvalue weighted by molar-refractivity contribution is 0.596. The van der Waals surface area contributed by atoms with Crippen LogP contribution in [0.4, 0.5) is 0 Å². The predicted molar refractivity (Wildman–Crippen MR) is 120 cm³/mol. The summed E-state index contributed by atoms with van der Waals surface area (Å²) >= 11 is 24.9. The Bertz CT molecular complexity index is 1160. The molecule has 6 nitrogen and oxygen atoms in total. The van der Waals surface area contributed by atoms with Crippen LogP contribution < -0.4 is 0 Å². The van der Waals surface area contributed by atoms with Crippen molar-refractivity contribution in [3.05, 3.63) is 70.7 Å². The summed E-state index contributed by atoms with van der Waals surface area (Å²) in [5.41, 5.74) is -0.605. The van der Waals surface area contributed by atoms with Crippen LogP contribution in [0.5, 0.6) is 0 Å². The predicted octanol–water partition coefficient (Wildman–Crippen LogP) is 4.56. The average Bonchev–Trinajstić information content (AvgIpc) is 2.74. The normalized spacial score (nSPS) is 23.2. The first kappa shape index (κ1) is 23.2. The van der Waals surface area contributed by atoms with E-state index in [1.807, 2.05) is 0 Å². The van der Waals surface area contributed by atoms with E-state index in [1.54, 1.807) is 12.1 Å². The summed E-state index contributed by atoms with van der Waals surface area (Å²) in [6, 6.07) is 14.8. The Kier molecular flexibility index (Phi) is 6.96. The van der Waals surface area contributed by atoms with E-state index >= 15 is 0 Å². The maximum Gasteiger partial charge on any atom is 0.282 e. The molecule has 0 saturated carbocycles. The number of allylic oxidation sites excluding steroid dienone is 2. The minimum absolute atomic E-state index is 0.0841. The molecule has 158 valence electrons. The highest BCUT2D eigenvalue weighted by atomic mass is 35.5. The molecule has 30 heavy (non-hydrogen) atoms. The van der Waals surface area contributed by atoms with Gasteiger partial charge in [0.05, 0.1) is 31.3 Å². The van der Waals surface area contributed by atoms with Crippen molar-refractivity contribution in [1.82, 2.24) is 0 Å². The second kappa shape index (κ2) is 8.98. The monoisotopic (exact) mass is 524 g/mol. The number of hydrogen-bond donors (Lipinski definition) is 0. The van der Waals surface area contributed by atoms with E-state index in [2.05, 4.69) is 8.80 Å². The molecule has 0 radical (unpaired) electrons. The van der Waals surface area contributed by atoms with Crippen LogP contribution in [0.15, 0.2) is 89.3 Å². The zero-order chi connectivity index (χ0) is 22.1. The summed E-state index contributed by atoms with van der Waals surface area (Å²) in [5.74, 6) is 0. The second-order valence-electron chi connectivity index (χ2n) is 5.96. The molecule has 0 fully saturated rings. The van der Waals surface area contributed by atoms with Crippen LogP contribution in [0.1, 0.15) is 0 Å². The molecule has 2 aromatic carbocycles. The van der Waals surface area contributed by atoms with Crippen LogP contribution >= 0.6 is 46.4 Å². The van der Waals surface area contributed by atoms with Gasteiger partial charge in [-0.15, -0.1) is 23.2 Å². The van der Waals surface area contributed by atoms with Crippen molar-refractivity contribution >= 4 is 77.9 Å². The number of sulfonamides is 2. The van der Waals surface area contributed by atoms with Crippen LogP contribution in [-0.2, 0) is 20.0 Å². The van der Waals surface area contributed by atoms with Gasteiger partial charge in [0.15, 0.2) is 0 Å². The molecule has 0 unspecified atom stereocenters. The first-order valence-electron chi connectivity index (χ1n) is 8.18. The van der Waals surface area contributed by atoms with Gasteiger partial charge in [0, 0.05) is 0 Å². The van der Waals surface area contributed by atoms with Crippen LogP contribution in [0.3, 0.4) is 0 Å². The fourth-order valence-corrected chi connectivity index (χ4v) is 6.01. The maximum absolute atomic E-state index is 12.6. The lowest BCUT2D eigenvalue weighted by Crippen LogP contribution is -2.38. The average molecular weight is 526 g/mol. The third-order valence-electron chi connectivity index (χ3n) is 3.94. The van der Waals surface area contributed by atoms with E-state index in [4.69, 9.17) is 46.4 Å². The van der Waals surface area contributed by atoms with Crippen molar-refractivity contribution in [2.75, 3.05) is 0 Å². The van der Waals surface area contributed by atoms with E-state index in [0.29, 0.717) is 0 Å². The summed E-state index contributed by atoms with van der Waals surface area (Å²) in [4.78, 5) is -0.168. The molecule has 0 aromatic heterocycles. The first-order chi connectivity index (χ1) is 14.0. The van der Waals surface area contributed by atoms with Gasteiger partial charge in [-0.05, 0) is 24.3 Å². The van der Waals surface area contributed by atoms with Crippen molar-refractivity contribution in [3.63, 3.8) is 0 Å². The molecule has 0 heterocycles. The molecule has 0 saturated heterocycles. The lowest BCUT2D eigenvalue weighted by atomic mass is 10.0. The molecule has 1 aliphatic carbocycles. The van der Waals surface area contributed by atoms with Crippen molar-refractivity contribution in [2.45, 2.75) is 20.5 Å². The molecular weight excluding hydrogens is 514 g/mol. The van der Waals surface area contributed by atoms with E-state index in [1.165, 1.54) is 48.5 Å². The molecule has 2 aromatic rings. The van der Waals surface area contributed by atoms with Gasteiger partial charge in [-0.3, -0.25) is 0 Å². The smallest absolute Gasteiger partial charge is 0.199 e.